The van der Waals surface area contributed by atoms with Crippen LogP contribution >= 0.6 is 11.6 Å². The van der Waals surface area contributed by atoms with E-state index in [1.807, 2.05) is 4.90 Å². The number of nitrogens with zero attached hydrogens (tertiary/aromatic N) is 2. The van der Waals surface area contributed by atoms with Crippen LogP contribution in [0.15, 0.2) is 18.2 Å². The van der Waals surface area contributed by atoms with Gasteiger partial charge in [-0.3, -0.25) is 9.59 Å². The molecule has 142 valence electrons. The zero-order chi connectivity index (χ0) is 18.7. The van der Waals surface area contributed by atoms with Gasteiger partial charge >= 0.3 is 0 Å². The highest BCUT2D eigenvalue weighted by Crippen LogP contribution is 2.32. The van der Waals surface area contributed by atoms with Crippen LogP contribution in [0.3, 0.4) is 0 Å². The molecule has 7 heteroatoms. The monoisotopic (exact) mass is 382 g/mol. The smallest absolute Gasteiger partial charge is 0.253 e. The van der Waals surface area contributed by atoms with E-state index in [2.05, 4.69) is 0 Å². The van der Waals surface area contributed by atoms with Gasteiger partial charge in [0.2, 0.25) is 5.91 Å². The van der Waals surface area contributed by atoms with Crippen molar-refractivity contribution < 1.29 is 19.1 Å². The van der Waals surface area contributed by atoms with Crippen LogP contribution in [0.25, 0.3) is 0 Å². The van der Waals surface area contributed by atoms with Crippen LogP contribution in [-0.4, -0.2) is 59.0 Å². The summed E-state index contributed by atoms with van der Waals surface area (Å²) in [6, 6.07) is 4.29. The predicted octanol–water partition coefficient (Wildman–Crippen LogP) is 2.70. The number of rotatable bonds is 5. The fourth-order valence-electron chi connectivity index (χ4n) is 4.03. The summed E-state index contributed by atoms with van der Waals surface area (Å²) in [4.78, 5) is 28.7. The zero-order valence-electron chi connectivity index (χ0n) is 14.7. The summed E-state index contributed by atoms with van der Waals surface area (Å²) in [5.41, 5.74) is 0.303. The molecule has 0 spiro atoms. The molecule has 1 N–H and O–H groups in total. The summed E-state index contributed by atoms with van der Waals surface area (Å²) < 4.78 is 13.7. The Morgan fingerprint density at radius 3 is 2.85 bits per heavy atom. The quantitative estimate of drug-likeness (QED) is 0.796. The third-order valence-corrected chi connectivity index (χ3v) is 5.71. The Labute approximate surface area is 157 Å². The number of benzene rings is 1. The SMILES string of the molecule is O=C(c1ccc(Cl)c(F)c1)N1CC[C@@H]2[C@@H](CCC(=O)N2CCCCO)C1. The highest BCUT2D eigenvalue weighted by molar-refractivity contribution is 6.30. The van der Waals surface area contributed by atoms with Crippen molar-refractivity contribution in [2.75, 3.05) is 26.2 Å². The number of carbonyl (C=O) groups is 2. The molecule has 2 saturated heterocycles. The molecule has 0 aromatic heterocycles. The maximum absolute atomic E-state index is 13.7. The number of aliphatic hydroxyl groups excluding tert-OH is 1. The van der Waals surface area contributed by atoms with E-state index >= 15 is 0 Å². The summed E-state index contributed by atoms with van der Waals surface area (Å²) in [6.45, 7) is 1.93. The molecule has 2 atom stereocenters. The third kappa shape index (κ3) is 4.01. The summed E-state index contributed by atoms with van der Waals surface area (Å²) in [5.74, 6) is -0.367. The number of piperidine rings is 2. The topological polar surface area (TPSA) is 60.9 Å². The number of hydrogen-bond acceptors (Lipinski definition) is 3. The van der Waals surface area contributed by atoms with E-state index in [-0.39, 0.29) is 35.4 Å². The van der Waals surface area contributed by atoms with Crippen LogP contribution in [-0.2, 0) is 4.79 Å². The maximum Gasteiger partial charge on any atom is 0.253 e. The van der Waals surface area contributed by atoms with E-state index in [4.69, 9.17) is 16.7 Å². The predicted molar refractivity (Wildman–Crippen MR) is 96.5 cm³/mol. The highest BCUT2D eigenvalue weighted by Gasteiger charge is 2.40. The van der Waals surface area contributed by atoms with Crippen LogP contribution in [0.4, 0.5) is 4.39 Å². The molecule has 2 heterocycles. The van der Waals surface area contributed by atoms with Gasteiger partial charge in [0.1, 0.15) is 5.82 Å². The van der Waals surface area contributed by atoms with E-state index < -0.39 is 5.82 Å². The number of likely N-dealkylation sites (tertiary alicyclic amines) is 2. The Morgan fingerprint density at radius 1 is 1.31 bits per heavy atom. The van der Waals surface area contributed by atoms with Gasteiger partial charge in [0, 0.05) is 44.3 Å². The van der Waals surface area contributed by atoms with Gasteiger partial charge in [-0.1, -0.05) is 11.6 Å². The molecule has 5 nitrogen and oxygen atoms in total. The number of hydrogen-bond donors (Lipinski definition) is 1. The van der Waals surface area contributed by atoms with Crippen LogP contribution in [0.2, 0.25) is 5.02 Å². The van der Waals surface area contributed by atoms with Crippen molar-refractivity contribution in [3.05, 3.63) is 34.6 Å². The first kappa shape index (κ1) is 19.1. The molecular formula is C19H24ClFN2O3. The van der Waals surface area contributed by atoms with E-state index in [1.54, 1.807) is 11.0 Å². The molecule has 26 heavy (non-hydrogen) atoms. The molecule has 0 bridgehead atoms. The summed E-state index contributed by atoms with van der Waals surface area (Å²) >= 11 is 5.69. The standard InChI is InChI=1S/C19H24ClFN2O3/c20-15-5-3-13(11-16(15)21)19(26)22-9-7-17-14(12-22)4-6-18(25)23(17)8-1-2-10-24/h3,5,11,14,17,24H,1-2,4,6-10,12H2/t14-,17+/m0/s1. The maximum atomic E-state index is 13.7. The van der Waals surface area contributed by atoms with E-state index in [9.17, 15) is 14.0 Å². The lowest BCUT2D eigenvalue weighted by Crippen LogP contribution is -2.57. The van der Waals surface area contributed by atoms with Gasteiger partial charge < -0.3 is 14.9 Å². The Kier molecular flexibility index (Phi) is 6.14. The second-order valence-corrected chi connectivity index (χ2v) is 7.46. The van der Waals surface area contributed by atoms with E-state index in [0.29, 0.717) is 38.0 Å². The average molecular weight is 383 g/mol. The highest BCUT2D eigenvalue weighted by atomic mass is 35.5. The van der Waals surface area contributed by atoms with Crippen molar-refractivity contribution in [3.63, 3.8) is 0 Å². The molecule has 3 rings (SSSR count). The molecule has 2 aliphatic heterocycles. The molecule has 1 aromatic rings. The van der Waals surface area contributed by atoms with Gasteiger partial charge in [-0.05, 0) is 49.8 Å². The Hall–Kier alpha value is -1.66. The van der Waals surface area contributed by atoms with Crippen LogP contribution in [0.5, 0.6) is 0 Å². The van der Waals surface area contributed by atoms with Gasteiger partial charge in [0.25, 0.3) is 5.91 Å². The summed E-state index contributed by atoms with van der Waals surface area (Å²) in [6.07, 6.45) is 3.49. The molecule has 2 fully saturated rings. The minimum Gasteiger partial charge on any atom is -0.396 e. The van der Waals surface area contributed by atoms with Crippen LogP contribution in [0.1, 0.15) is 42.5 Å². The lowest BCUT2D eigenvalue weighted by molar-refractivity contribution is -0.140. The van der Waals surface area contributed by atoms with Crippen molar-refractivity contribution in [2.45, 2.75) is 38.1 Å². The first-order valence-corrected chi connectivity index (χ1v) is 9.53. The van der Waals surface area contributed by atoms with Gasteiger partial charge in [0.15, 0.2) is 0 Å². The fraction of sp³-hybridized carbons (Fsp3) is 0.579. The Bertz CT molecular complexity index is 685. The van der Waals surface area contributed by atoms with Crippen LogP contribution in [0, 0.1) is 11.7 Å². The number of fused-ring (bicyclic) bond motifs is 1. The molecule has 2 aliphatic rings. The van der Waals surface area contributed by atoms with Crippen LogP contribution < -0.4 is 0 Å². The first-order chi connectivity index (χ1) is 12.5. The summed E-state index contributed by atoms with van der Waals surface area (Å²) in [7, 11) is 0. The van der Waals surface area contributed by atoms with Crippen molar-refractivity contribution in [1.82, 2.24) is 9.80 Å². The minimum atomic E-state index is -0.592. The van der Waals surface area contributed by atoms with Crippen molar-refractivity contribution >= 4 is 23.4 Å². The average Bonchev–Trinajstić information content (AvgIpc) is 2.65. The molecule has 1 aromatic carbocycles. The lowest BCUT2D eigenvalue weighted by atomic mass is 9.83. The molecule has 0 aliphatic carbocycles. The van der Waals surface area contributed by atoms with Gasteiger partial charge in [-0.2, -0.15) is 0 Å². The Morgan fingerprint density at radius 2 is 2.12 bits per heavy atom. The second-order valence-electron chi connectivity index (χ2n) is 7.05. The van der Waals surface area contributed by atoms with Gasteiger partial charge in [-0.15, -0.1) is 0 Å². The van der Waals surface area contributed by atoms with Crippen molar-refractivity contribution in [2.24, 2.45) is 5.92 Å². The Balaban J connectivity index is 1.66. The third-order valence-electron chi connectivity index (χ3n) is 5.40. The molecule has 0 saturated carbocycles. The fourth-order valence-corrected chi connectivity index (χ4v) is 4.15. The second kappa shape index (κ2) is 8.35. The molecular weight excluding hydrogens is 359 g/mol. The zero-order valence-corrected chi connectivity index (χ0v) is 15.4. The largest absolute Gasteiger partial charge is 0.396 e. The minimum absolute atomic E-state index is 0.00423. The summed E-state index contributed by atoms with van der Waals surface area (Å²) in [5, 5.41) is 8.96. The number of amides is 2. The number of unbranched alkanes of at least 4 members (excludes halogenated alkanes) is 1. The van der Waals surface area contributed by atoms with Gasteiger partial charge in [0.05, 0.1) is 5.02 Å². The normalized spacial score (nSPS) is 23.1. The number of carbonyl (C=O) groups excluding carboxylic acids is 2. The molecule has 0 unspecified atom stereocenters. The first-order valence-electron chi connectivity index (χ1n) is 9.16. The lowest BCUT2D eigenvalue weighted by Gasteiger charge is -2.47. The van der Waals surface area contributed by atoms with E-state index in [0.717, 1.165) is 19.3 Å². The molecule has 2 amide bonds. The van der Waals surface area contributed by atoms with Crippen molar-refractivity contribution in [1.29, 1.82) is 0 Å². The molecule has 0 radical (unpaired) electrons. The number of halogens is 2. The van der Waals surface area contributed by atoms with Crippen molar-refractivity contribution in [3.8, 4) is 0 Å². The van der Waals surface area contributed by atoms with E-state index in [1.165, 1.54) is 12.1 Å². The van der Waals surface area contributed by atoms with Gasteiger partial charge in [-0.25, -0.2) is 4.39 Å². The number of aliphatic hydroxyl groups is 1.